The molecule has 6 nitrogen and oxygen atoms in total. The first-order valence-corrected chi connectivity index (χ1v) is 8.11. The van der Waals surface area contributed by atoms with Gasteiger partial charge >= 0.3 is 0 Å². The van der Waals surface area contributed by atoms with Gasteiger partial charge < -0.3 is 0 Å². The maximum Gasteiger partial charge on any atom is 0.259 e. The van der Waals surface area contributed by atoms with Gasteiger partial charge in [-0.1, -0.05) is 5.21 Å². The van der Waals surface area contributed by atoms with Crippen molar-refractivity contribution in [3.63, 3.8) is 0 Å². The molecule has 18 heavy (non-hydrogen) atoms. The quantitative estimate of drug-likeness (QED) is 0.909. The monoisotopic (exact) mass is 350 g/mol. The van der Waals surface area contributed by atoms with E-state index in [2.05, 4.69) is 31.0 Å². The molecule has 0 amide bonds. The van der Waals surface area contributed by atoms with Crippen LogP contribution in [-0.2, 0) is 17.1 Å². The van der Waals surface area contributed by atoms with E-state index < -0.39 is 10.0 Å². The number of aryl methyl sites for hydroxylation is 1. The maximum atomic E-state index is 12.1. The Hall–Kier alpha value is -0.770. The Morgan fingerprint density at radius 1 is 1.50 bits per heavy atom. The molecule has 0 spiro atoms. The first-order valence-electron chi connectivity index (χ1n) is 5.02. The number of thiophene rings is 1. The predicted octanol–water partition coefficient (Wildman–Crippen LogP) is 1.68. The molecule has 0 aromatic carbocycles. The van der Waals surface area contributed by atoms with Gasteiger partial charge in [0.05, 0.1) is 16.0 Å². The van der Waals surface area contributed by atoms with Crippen LogP contribution in [0.1, 0.15) is 17.8 Å². The van der Waals surface area contributed by atoms with E-state index in [4.69, 9.17) is 0 Å². The lowest BCUT2D eigenvalue weighted by molar-refractivity contribution is 0.550. The number of nitrogens with one attached hydrogen (secondary N) is 1. The van der Waals surface area contributed by atoms with Gasteiger partial charge in [0.15, 0.2) is 5.03 Å². The number of rotatable bonds is 4. The van der Waals surface area contributed by atoms with E-state index in [-0.39, 0.29) is 11.1 Å². The zero-order valence-electron chi connectivity index (χ0n) is 9.66. The van der Waals surface area contributed by atoms with Crippen molar-refractivity contribution >= 4 is 37.3 Å². The van der Waals surface area contributed by atoms with Crippen LogP contribution in [0, 0.1) is 0 Å². The fourth-order valence-corrected chi connectivity index (χ4v) is 4.22. The van der Waals surface area contributed by atoms with Crippen LogP contribution in [0.4, 0.5) is 0 Å². The van der Waals surface area contributed by atoms with Crippen molar-refractivity contribution in [2.24, 2.45) is 7.05 Å². The summed E-state index contributed by atoms with van der Waals surface area (Å²) in [6.45, 7) is 1.79. The first kappa shape index (κ1) is 13.7. The van der Waals surface area contributed by atoms with Crippen LogP contribution in [0.2, 0.25) is 0 Å². The summed E-state index contributed by atoms with van der Waals surface area (Å²) in [7, 11) is -2.07. The van der Waals surface area contributed by atoms with Crippen LogP contribution in [0.25, 0.3) is 0 Å². The van der Waals surface area contributed by atoms with Gasteiger partial charge in [-0.3, -0.25) is 0 Å². The molecular weight excluding hydrogens is 340 g/mol. The Labute approximate surface area is 117 Å². The summed E-state index contributed by atoms with van der Waals surface area (Å²) < 4.78 is 28.9. The Balaban J connectivity index is 2.21. The number of aromatic nitrogens is 3. The molecule has 9 heteroatoms. The van der Waals surface area contributed by atoms with Crippen molar-refractivity contribution in [1.29, 1.82) is 0 Å². The van der Waals surface area contributed by atoms with Crippen LogP contribution < -0.4 is 4.72 Å². The number of nitrogens with zero attached hydrogens (tertiary/aromatic N) is 3. The summed E-state index contributed by atoms with van der Waals surface area (Å²) in [6.07, 6.45) is 1.22. The molecule has 0 aliphatic heterocycles. The third kappa shape index (κ3) is 2.79. The summed E-state index contributed by atoms with van der Waals surface area (Å²) in [5.41, 5.74) is 0. The van der Waals surface area contributed by atoms with Gasteiger partial charge in [0.2, 0.25) is 0 Å². The van der Waals surface area contributed by atoms with E-state index in [0.717, 1.165) is 8.66 Å². The lowest BCUT2D eigenvalue weighted by Gasteiger charge is -2.12. The summed E-state index contributed by atoms with van der Waals surface area (Å²) in [4.78, 5) is 0.931. The van der Waals surface area contributed by atoms with Crippen LogP contribution in [-0.4, -0.2) is 23.4 Å². The van der Waals surface area contributed by atoms with E-state index in [0.29, 0.717) is 0 Å². The largest absolute Gasteiger partial charge is 0.259 e. The number of hydrogen-bond acceptors (Lipinski definition) is 5. The first-order chi connectivity index (χ1) is 8.40. The predicted molar refractivity (Wildman–Crippen MR) is 71.8 cm³/mol. The molecule has 1 atom stereocenters. The topological polar surface area (TPSA) is 76.9 Å². The summed E-state index contributed by atoms with van der Waals surface area (Å²) in [6, 6.07) is 3.46. The van der Waals surface area contributed by atoms with E-state index in [1.807, 2.05) is 12.1 Å². The second-order valence-electron chi connectivity index (χ2n) is 3.68. The van der Waals surface area contributed by atoms with Crippen LogP contribution in [0.5, 0.6) is 0 Å². The smallest absolute Gasteiger partial charge is 0.236 e. The van der Waals surface area contributed by atoms with Gasteiger partial charge in [0, 0.05) is 11.9 Å². The average Bonchev–Trinajstić information content (AvgIpc) is 2.86. The fraction of sp³-hybridized carbons (Fsp3) is 0.333. The fourth-order valence-electron chi connectivity index (χ4n) is 1.44. The standard InChI is InChI=1S/C9H11BrN4O2S2/c1-6(7-3-4-8(10)17-7)12-18(15,16)9-5-11-13-14(9)2/h3-6,12H,1-2H3/t6-/m1/s1. The Morgan fingerprint density at radius 3 is 2.72 bits per heavy atom. The normalized spacial score (nSPS) is 13.7. The lowest BCUT2D eigenvalue weighted by atomic mass is 10.3. The molecule has 0 aliphatic carbocycles. The zero-order valence-corrected chi connectivity index (χ0v) is 12.9. The molecule has 0 unspecified atom stereocenters. The van der Waals surface area contributed by atoms with E-state index in [9.17, 15) is 8.42 Å². The van der Waals surface area contributed by atoms with Gasteiger partial charge in [-0.25, -0.2) is 17.8 Å². The Morgan fingerprint density at radius 2 is 2.22 bits per heavy atom. The summed E-state index contributed by atoms with van der Waals surface area (Å²) in [5.74, 6) is 0. The van der Waals surface area contributed by atoms with Crippen molar-refractivity contribution in [3.05, 3.63) is 27.0 Å². The highest BCUT2D eigenvalue weighted by molar-refractivity contribution is 9.11. The Kier molecular flexibility index (Phi) is 3.85. The zero-order chi connectivity index (χ0) is 13.3. The molecule has 0 saturated carbocycles. The SMILES string of the molecule is C[C@@H](NS(=O)(=O)c1cnnn1C)c1ccc(Br)s1. The molecule has 1 N–H and O–H groups in total. The van der Waals surface area contributed by atoms with Crippen molar-refractivity contribution in [1.82, 2.24) is 19.7 Å². The van der Waals surface area contributed by atoms with Gasteiger partial charge in [0.25, 0.3) is 10.0 Å². The molecule has 0 fully saturated rings. The molecule has 98 valence electrons. The van der Waals surface area contributed by atoms with Crippen molar-refractivity contribution in [2.75, 3.05) is 0 Å². The average molecular weight is 351 g/mol. The second-order valence-corrected chi connectivity index (χ2v) is 7.84. The van der Waals surface area contributed by atoms with Crippen molar-refractivity contribution in [3.8, 4) is 0 Å². The minimum absolute atomic E-state index is 0.0463. The molecule has 2 rings (SSSR count). The molecule has 2 heterocycles. The van der Waals surface area contributed by atoms with E-state index in [1.165, 1.54) is 29.3 Å². The number of hydrogen-bond donors (Lipinski definition) is 1. The second kappa shape index (κ2) is 5.08. The van der Waals surface area contributed by atoms with Crippen molar-refractivity contribution < 1.29 is 8.42 Å². The van der Waals surface area contributed by atoms with Gasteiger partial charge in [0.1, 0.15) is 0 Å². The molecule has 2 aromatic rings. The van der Waals surface area contributed by atoms with Crippen LogP contribution >= 0.6 is 27.3 Å². The summed E-state index contributed by atoms with van der Waals surface area (Å²) >= 11 is 4.84. The minimum Gasteiger partial charge on any atom is -0.236 e. The Bertz CT molecular complexity index is 649. The number of halogens is 1. The van der Waals surface area contributed by atoms with Crippen molar-refractivity contribution in [2.45, 2.75) is 18.0 Å². The molecule has 2 aromatic heterocycles. The molecule has 0 saturated heterocycles. The molecule has 0 radical (unpaired) electrons. The van der Waals surface area contributed by atoms with Crippen LogP contribution in [0.15, 0.2) is 27.1 Å². The number of sulfonamides is 1. The third-order valence-electron chi connectivity index (χ3n) is 2.30. The van der Waals surface area contributed by atoms with Gasteiger partial charge in [-0.05, 0) is 35.0 Å². The highest BCUT2D eigenvalue weighted by Gasteiger charge is 2.22. The van der Waals surface area contributed by atoms with Gasteiger partial charge in [-0.15, -0.1) is 16.4 Å². The molecule has 0 aliphatic rings. The highest BCUT2D eigenvalue weighted by Crippen LogP contribution is 2.27. The molecule has 0 bridgehead atoms. The van der Waals surface area contributed by atoms with Crippen LogP contribution in [0.3, 0.4) is 0 Å². The maximum absolute atomic E-state index is 12.1. The van der Waals surface area contributed by atoms with Gasteiger partial charge in [-0.2, -0.15) is 0 Å². The lowest BCUT2D eigenvalue weighted by Crippen LogP contribution is -2.28. The minimum atomic E-state index is -3.61. The molecular formula is C9H11BrN4O2S2. The van der Waals surface area contributed by atoms with E-state index in [1.54, 1.807) is 6.92 Å². The third-order valence-corrected chi connectivity index (χ3v) is 5.69. The summed E-state index contributed by atoms with van der Waals surface area (Å²) in [5, 5.41) is 7.22. The highest BCUT2D eigenvalue weighted by atomic mass is 79.9. The van der Waals surface area contributed by atoms with E-state index >= 15 is 0 Å².